The molecule has 0 aliphatic carbocycles. The first kappa shape index (κ1) is 10.9. The zero-order valence-electron chi connectivity index (χ0n) is 9.38. The Balaban J connectivity index is 2.46. The summed E-state index contributed by atoms with van der Waals surface area (Å²) in [6.07, 6.45) is 1.74. The molecule has 4 heteroatoms. The first-order valence-corrected chi connectivity index (χ1v) is 5.91. The van der Waals surface area contributed by atoms with Crippen molar-refractivity contribution in [3.63, 3.8) is 0 Å². The average molecular weight is 251 g/mol. The molecule has 0 unspecified atom stereocenters. The molecule has 18 heavy (non-hydrogen) atoms. The smallest absolute Gasteiger partial charge is 0.101 e. The van der Waals surface area contributed by atoms with Gasteiger partial charge in [0.25, 0.3) is 0 Å². The second-order valence-corrected chi connectivity index (χ2v) is 4.42. The average Bonchev–Trinajstić information content (AvgIpc) is 2.90. The Kier molecular flexibility index (Phi) is 2.54. The highest BCUT2D eigenvalue weighted by Gasteiger charge is 2.14. The molecule has 1 N–H and O–H groups in total. The fraction of sp³-hybridized carbons (Fsp3) is 0. The highest BCUT2D eigenvalue weighted by molar-refractivity contribution is 7.80. The Morgan fingerprint density at radius 1 is 1.22 bits per heavy atom. The van der Waals surface area contributed by atoms with E-state index in [-0.39, 0.29) is 0 Å². The predicted octanol–water partition coefficient (Wildman–Crippen LogP) is 3.39. The molecule has 0 saturated carbocycles. The lowest BCUT2D eigenvalue weighted by atomic mass is 9.98. The van der Waals surface area contributed by atoms with Crippen molar-refractivity contribution in [1.82, 2.24) is 10.2 Å². The summed E-state index contributed by atoms with van der Waals surface area (Å²) in [5, 5.41) is 18.3. The molecule has 0 saturated heterocycles. The number of nitrogens with zero attached hydrogens (tertiary/aromatic N) is 2. The summed E-state index contributed by atoms with van der Waals surface area (Å²) in [6.45, 7) is 0. The van der Waals surface area contributed by atoms with Gasteiger partial charge in [0, 0.05) is 22.0 Å². The van der Waals surface area contributed by atoms with E-state index in [2.05, 4.69) is 28.9 Å². The number of rotatable bonds is 1. The minimum absolute atomic E-state index is 0.616. The third-order valence-electron chi connectivity index (χ3n) is 2.90. The molecule has 0 radical (unpaired) electrons. The van der Waals surface area contributed by atoms with E-state index >= 15 is 0 Å². The van der Waals surface area contributed by atoms with Crippen LogP contribution in [0.1, 0.15) is 5.56 Å². The van der Waals surface area contributed by atoms with Gasteiger partial charge in [-0.15, -0.1) is 12.6 Å². The summed E-state index contributed by atoms with van der Waals surface area (Å²) < 4.78 is 0. The number of benzene rings is 2. The van der Waals surface area contributed by atoms with E-state index in [9.17, 15) is 5.26 Å². The van der Waals surface area contributed by atoms with Gasteiger partial charge < -0.3 is 0 Å². The standard InChI is InChI=1S/C14H9N3S/c15-8-11-10-4-2-1-3-9(10)7-13(18)14(11)12-5-6-16-17-12/h1-7,18H,(H,16,17). The molecular formula is C14H9N3S. The van der Waals surface area contributed by atoms with Crippen LogP contribution in [0.25, 0.3) is 22.0 Å². The zero-order chi connectivity index (χ0) is 12.5. The van der Waals surface area contributed by atoms with Crippen LogP contribution >= 0.6 is 12.6 Å². The van der Waals surface area contributed by atoms with Crippen molar-refractivity contribution in [2.24, 2.45) is 0 Å². The monoisotopic (exact) mass is 251 g/mol. The van der Waals surface area contributed by atoms with Crippen molar-refractivity contribution in [2.75, 3.05) is 0 Å². The number of nitriles is 1. The zero-order valence-corrected chi connectivity index (χ0v) is 10.3. The summed E-state index contributed by atoms with van der Waals surface area (Å²) in [7, 11) is 0. The maximum absolute atomic E-state index is 9.42. The number of aromatic nitrogens is 2. The topological polar surface area (TPSA) is 52.5 Å². The maximum Gasteiger partial charge on any atom is 0.101 e. The number of hydrogen-bond donors (Lipinski definition) is 2. The van der Waals surface area contributed by atoms with Crippen LogP contribution < -0.4 is 0 Å². The first-order chi connectivity index (χ1) is 8.81. The van der Waals surface area contributed by atoms with Gasteiger partial charge in [-0.25, -0.2) is 0 Å². The van der Waals surface area contributed by atoms with Crippen LogP contribution in [-0.2, 0) is 0 Å². The largest absolute Gasteiger partial charge is 0.285 e. The Labute approximate surface area is 109 Å². The highest BCUT2D eigenvalue weighted by atomic mass is 32.1. The second kappa shape index (κ2) is 4.21. The minimum Gasteiger partial charge on any atom is -0.285 e. The van der Waals surface area contributed by atoms with Gasteiger partial charge in [-0.3, -0.25) is 5.10 Å². The molecule has 0 fully saturated rings. The fourth-order valence-electron chi connectivity index (χ4n) is 2.11. The Hall–Kier alpha value is -2.25. The summed E-state index contributed by atoms with van der Waals surface area (Å²) in [5.41, 5.74) is 2.13. The molecule has 1 aromatic heterocycles. The molecule has 3 rings (SSSR count). The molecule has 2 aromatic carbocycles. The van der Waals surface area contributed by atoms with Crippen LogP contribution in [0.4, 0.5) is 0 Å². The van der Waals surface area contributed by atoms with Crippen LogP contribution in [0.3, 0.4) is 0 Å². The summed E-state index contributed by atoms with van der Waals surface area (Å²) in [5.74, 6) is 0. The maximum atomic E-state index is 9.42. The molecule has 0 aliphatic heterocycles. The molecule has 3 aromatic rings. The van der Waals surface area contributed by atoms with Crippen molar-refractivity contribution >= 4 is 23.4 Å². The molecule has 0 amide bonds. The summed E-state index contributed by atoms with van der Waals surface area (Å²) in [6, 6.07) is 13.9. The van der Waals surface area contributed by atoms with Crippen LogP contribution in [0.15, 0.2) is 47.5 Å². The van der Waals surface area contributed by atoms with Crippen LogP contribution in [-0.4, -0.2) is 10.2 Å². The molecule has 0 atom stereocenters. The third kappa shape index (κ3) is 1.57. The van der Waals surface area contributed by atoms with E-state index in [0.29, 0.717) is 5.56 Å². The molecule has 86 valence electrons. The van der Waals surface area contributed by atoms with Crippen molar-refractivity contribution < 1.29 is 0 Å². The number of hydrogen-bond acceptors (Lipinski definition) is 3. The summed E-state index contributed by atoms with van der Waals surface area (Å²) >= 11 is 4.48. The molecule has 1 heterocycles. The van der Waals surface area contributed by atoms with Gasteiger partial charge in [0.1, 0.15) is 6.07 Å². The van der Waals surface area contributed by atoms with Gasteiger partial charge in [0.15, 0.2) is 0 Å². The van der Waals surface area contributed by atoms with E-state index in [1.54, 1.807) is 6.20 Å². The third-order valence-corrected chi connectivity index (χ3v) is 3.25. The van der Waals surface area contributed by atoms with Crippen molar-refractivity contribution in [2.45, 2.75) is 4.90 Å². The number of fused-ring (bicyclic) bond motifs is 1. The lowest BCUT2D eigenvalue weighted by molar-refractivity contribution is 1.09. The normalized spacial score (nSPS) is 10.4. The molecule has 0 bridgehead atoms. The van der Waals surface area contributed by atoms with E-state index in [4.69, 9.17) is 0 Å². The van der Waals surface area contributed by atoms with Crippen LogP contribution in [0.5, 0.6) is 0 Å². The lowest BCUT2D eigenvalue weighted by Gasteiger charge is -2.08. The Bertz CT molecular complexity index is 755. The van der Waals surface area contributed by atoms with Crippen molar-refractivity contribution in [3.05, 3.63) is 48.2 Å². The van der Waals surface area contributed by atoms with Crippen LogP contribution in [0, 0.1) is 11.3 Å². The van der Waals surface area contributed by atoms with Gasteiger partial charge in [-0.2, -0.15) is 10.4 Å². The van der Waals surface area contributed by atoms with E-state index < -0.39 is 0 Å². The molecular weight excluding hydrogens is 242 g/mol. The molecule has 0 aliphatic rings. The Morgan fingerprint density at radius 2 is 2.06 bits per heavy atom. The van der Waals surface area contributed by atoms with Crippen LogP contribution in [0.2, 0.25) is 0 Å². The predicted molar refractivity (Wildman–Crippen MR) is 73.5 cm³/mol. The van der Waals surface area contributed by atoms with Crippen molar-refractivity contribution in [3.8, 4) is 17.3 Å². The quantitative estimate of drug-likeness (QED) is 0.651. The molecule has 0 spiro atoms. The van der Waals surface area contributed by atoms with Crippen molar-refractivity contribution in [1.29, 1.82) is 5.26 Å². The van der Waals surface area contributed by atoms with Gasteiger partial charge in [0.2, 0.25) is 0 Å². The van der Waals surface area contributed by atoms with E-state index in [0.717, 1.165) is 26.9 Å². The molecule has 3 nitrogen and oxygen atoms in total. The Morgan fingerprint density at radius 3 is 2.78 bits per heavy atom. The summed E-state index contributed by atoms with van der Waals surface area (Å²) in [4.78, 5) is 0.761. The first-order valence-electron chi connectivity index (χ1n) is 5.46. The van der Waals surface area contributed by atoms with Gasteiger partial charge >= 0.3 is 0 Å². The number of nitrogens with one attached hydrogen (secondary N) is 1. The van der Waals surface area contributed by atoms with Gasteiger partial charge in [0.05, 0.1) is 11.3 Å². The fourth-order valence-corrected chi connectivity index (χ4v) is 2.47. The van der Waals surface area contributed by atoms with Gasteiger partial charge in [-0.1, -0.05) is 24.3 Å². The number of aromatic amines is 1. The van der Waals surface area contributed by atoms with E-state index in [1.165, 1.54) is 0 Å². The number of H-pyrrole nitrogens is 1. The lowest BCUT2D eigenvalue weighted by Crippen LogP contribution is -1.90. The highest BCUT2D eigenvalue weighted by Crippen LogP contribution is 2.34. The SMILES string of the molecule is N#Cc1c(-c2cc[nH]n2)c(S)cc2ccccc12. The minimum atomic E-state index is 0.616. The van der Waals surface area contributed by atoms with E-state index in [1.807, 2.05) is 36.4 Å². The number of thiol groups is 1. The second-order valence-electron chi connectivity index (χ2n) is 3.94. The van der Waals surface area contributed by atoms with Gasteiger partial charge in [-0.05, 0) is 17.5 Å².